The highest BCUT2D eigenvalue weighted by molar-refractivity contribution is 5.86. The third-order valence-electron chi connectivity index (χ3n) is 1.42. The van der Waals surface area contributed by atoms with E-state index in [9.17, 15) is 4.79 Å². The average Bonchev–Trinajstić information content (AvgIpc) is 2.03. The predicted molar refractivity (Wildman–Crippen MR) is 46.4 cm³/mol. The number of rotatable bonds is 2. The number of nitrogens with zero attached hydrogens (tertiary/aromatic N) is 1. The number of amides is 1. The molecule has 0 radical (unpaired) electrons. The molecule has 0 N–H and O–H groups in total. The van der Waals surface area contributed by atoms with Crippen molar-refractivity contribution < 1.29 is 14.3 Å². The first-order valence-corrected chi connectivity index (χ1v) is 3.90. The second-order valence-electron chi connectivity index (χ2n) is 2.44. The number of carbonyl (C=O) groups is 1. The number of hydrogen-bond donors (Lipinski definition) is 0. The van der Waals surface area contributed by atoms with Crippen molar-refractivity contribution >= 4 is 12.0 Å². The number of aliphatic imine (C=N–C) groups is 1. The predicted octanol–water partition coefficient (Wildman–Crippen LogP) is 1.99. The van der Waals surface area contributed by atoms with E-state index in [2.05, 4.69) is 9.73 Å². The van der Waals surface area contributed by atoms with E-state index in [1.54, 1.807) is 6.92 Å². The lowest BCUT2D eigenvalue weighted by atomic mass is 10.3. The van der Waals surface area contributed by atoms with E-state index in [1.165, 1.54) is 7.11 Å². The minimum absolute atomic E-state index is 0.0918. The molecule has 0 heterocycles. The molecule has 1 unspecified atom stereocenters. The van der Waals surface area contributed by atoms with Gasteiger partial charge in [0.05, 0.1) is 7.11 Å². The van der Waals surface area contributed by atoms with Crippen molar-refractivity contribution in [3.8, 4) is 0 Å². The van der Waals surface area contributed by atoms with Gasteiger partial charge >= 0.3 is 6.09 Å². The Labute approximate surface area is 72.6 Å². The zero-order valence-corrected chi connectivity index (χ0v) is 7.96. The molecule has 70 valence electrons. The van der Waals surface area contributed by atoms with Gasteiger partial charge in [0.15, 0.2) is 5.90 Å². The molecule has 12 heavy (non-hydrogen) atoms. The van der Waals surface area contributed by atoms with Crippen molar-refractivity contribution in [2.75, 3.05) is 7.11 Å². The summed E-state index contributed by atoms with van der Waals surface area (Å²) in [7, 11) is 1.45. The van der Waals surface area contributed by atoms with Gasteiger partial charge in [-0.3, -0.25) is 0 Å². The molecule has 0 aromatic heterocycles. The fraction of sp³-hybridized carbons (Fsp3) is 0.750. The minimum atomic E-state index is -0.594. The molecule has 0 aliphatic heterocycles. The lowest BCUT2D eigenvalue weighted by Crippen LogP contribution is -2.12. The van der Waals surface area contributed by atoms with Gasteiger partial charge in [-0.1, -0.05) is 6.92 Å². The number of carbonyl (C=O) groups excluding carboxylic acids is 1. The van der Waals surface area contributed by atoms with E-state index >= 15 is 0 Å². The van der Waals surface area contributed by atoms with Crippen molar-refractivity contribution in [3.63, 3.8) is 0 Å². The fourth-order valence-corrected chi connectivity index (χ4v) is 0.456. The van der Waals surface area contributed by atoms with Gasteiger partial charge in [0.2, 0.25) is 0 Å². The summed E-state index contributed by atoms with van der Waals surface area (Å²) in [5.41, 5.74) is 0. The molecule has 0 spiro atoms. The van der Waals surface area contributed by atoms with Crippen LogP contribution in [0.2, 0.25) is 0 Å². The zero-order valence-electron chi connectivity index (χ0n) is 7.96. The molecular weight excluding hydrogens is 158 g/mol. The van der Waals surface area contributed by atoms with E-state index in [1.807, 2.05) is 13.8 Å². The van der Waals surface area contributed by atoms with Crippen LogP contribution in [0.5, 0.6) is 0 Å². The topological polar surface area (TPSA) is 47.9 Å². The molecule has 0 fully saturated rings. The SMILES string of the molecule is CCC(C)OC(=O)/N=C(\C)OC. The largest absolute Gasteiger partial charge is 0.484 e. The maximum Gasteiger partial charge on any atom is 0.436 e. The first-order valence-electron chi connectivity index (χ1n) is 3.90. The molecule has 0 rings (SSSR count). The Hall–Kier alpha value is -1.06. The summed E-state index contributed by atoms with van der Waals surface area (Å²) in [6.45, 7) is 5.35. The lowest BCUT2D eigenvalue weighted by molar-refractivity contribution is 0.114. The van der Waals surface area contributed by atoms with Gasteiger partial charge < -0.3 is 9.47 Å². The second kappa shape index (κ2) is 5.57. The molecule has 0 aromatic carbocycles. The van der Waals surface area contributed by atoms with Gasteiger partial charge in [-0.25, -0.2) is 4.79 Å². The molecular formula is C8H15NO3. The van der Waals surface area contributed by atoms with Crippen LogP contribution < -0.4 is 0 Å². The average molecular weight is 173 g/mol. The van der Waals surface area contributed by atoms with Gasteiger partial charge in [-0.15, -0.1) is 4.99 Å². The molecule has 1 amide bonds. The normalized spacial score (nSPS) is 13.8. The van der Waals surface area contributed by atoms with Crippen molar-refractivity contribution in [1.82, 2.24) is 0 Å². The van der Waals surface area contributed by atoms with Crippen LogP contribution in [0, 0.1) is 0 Å². The van der Waals surface area contributed by atoms with Crippen molar-refractivity contribution in [3.05, 3.63) is 0 Å². The van der Waals surface area contributed by atoms with Crippen LogP contribution in [0.25, 0.3) is 0 Å². The molecule has 0 bridgehead atoms. The van der Waals surface area contributed by atoms with Crippen LogP contribution in [0.4, 0.5) is 4.79 Å². The molecule has 0 aliphatic carbocycles. The number of hydrogen-bond acceptors (Lipinski definition) is 3. The highest BCUT2D eigenvalue weighted by Gasteiger charge is 2.05. The molecule has 0 saturated heterocycles. The number of ether oxygens (including phenoxy) is 2. The molecule has 0 saturated carbocycles. The first kappa shape index (κ1) is 10.9. The summed E-state index contributed by atoms with van der Waals surface area (Å²) in [6, 6.07) is 0. The van der Waals surface area contributed by atoms with Crippen LogP contribution in [0.3, 0.4) is 0 Å². The summed E-state index contributed by atoms with van der Waals surface area (Å²) >= 11 is 0. The minimum Gasteiger partial charge on any atom is -0.484 e. The molecule has 1 atom stereocenters. The zero-order chi connectivity index (χ0) is 9.56. The second-order valence-corrected chi connectivity index (χ2v) is 2.44. The highest BCUT2D eigenvalue weighted by Crippen LogP contribution is 1.98. The van der Waals surface area contributed by atoms with Crippen LogP contribution in [-0.2, 0) is 9.47 Å². The summed E-state index contributed by atoms with van der Waals surface area (Å²) in [5.74, 6) is 0.309. The Balaban J connectivity index is 3.89. The lowest BCUT2D eigenvalue weighted by Gasteiger charge is -2.07. The monoisotopic (exact) mass is 173 g/mol. The fourth-order valence-electron chi connectivity index (χ4n) is 0.456. The van der Waals surface area contributed by atoms with Crippen LogP contribution >= 0.6 is 0 Å². The van der Waals surface area contributed by atoms with Gasteiger partial charge in [0, 0.05) is 6.92 Å². The Morgan fingerprint density at radius 2 is 2.17 bits per heavy atom. The van der Waals surface area contributed by atoms with Crippen LogP contribution in [0.1, 0.15) is 27.2 Å². The van der Waals surface area contributed by atoms with Gasteiger partial charge in [0.25, 0.3) is 0 Å². The van der Waals surface area contributed by atoms with E-state index in [0.29, 0.717) is 5.90 Å². The quantitative estimate of drug-likeness (QED) is 0.474. The highest BCUT2D eigenvalue weighted by atomic mass is 16.6. The van der Waals surface area contributed by atoms with Gasteiger partial charge in [-0.05, 0) is 13.3 Å². The summed E-state index contributed by atoms with van der Waals surface area (Å²) in [5, 5.41) is 0. The first-order chi connectivity index (χ1) is 5.60. The van der Waals surface area contributed by atoms with E-state index in [4.69, 9.17) is 4.74 Å². The third-order valence-corrected chi connectivity index (χ3v) is 1.42. The van der Waals surface area contributed by atoms with E-state index in [-0.39, 0.29) is 6.10 Å². The van der Waals surface area contributed by atoms with E-state index in [0.717, 1.165) is 6.42 Å². The van der Waals surface area contributed by atoms with Gasteiger partial charge in [0.1, 0.15) is 6.10 Å². The Morgan fingerprint density at radius 3 is 2.58 bits per heavy atom. The molecule has 4 heteroatoms. The van der Waals surface area contributed by atoms with Crippen molar-refractivity contribution in [1.29, 1.82) is 0 Å². The van der Waals surface area contributed by atoms with E-state index < -0.39 is 6.09 Å². The van der Waals surface area contributed by atoms with Crippen molar-refractivity contribution in [2.45, 2.75) is 33.3 Å². The van der Waals surface area contributed by atoms with Gasteiger partial charge in [-0.2, -0.15) is 0 Å². The Bertz CT molecular complexity index is 177. The smallest absolute Gasteiger partial charge is 0.436 e. The van der Waals surface area contributed by atoms with Crippen molar-refractivity contribution in [2.24, 2.45) is 4.99 Å². The molecule has 0 aromatic rings. The van der Waals surface area contributed by atoms with Crippen LogP contribution in [0.15, 0.2) is 4.99 Å². The molecule has 4 nitrogen and oxygen atoms in total. The maximum absolute atomic E-state index is 10.9. The summed E-state index contributed by atoms with van der Waals surface area (Å²) in [4.78, 5) is 14.4. The third kappa shape index (κ3) is 4.71. The van der Waals surface area contributed by atoms with Crippen LogP contribution in [-0.4, -0.2) is 25.2 Å². The maximum atomic E-state index is 10.9. The Morgan fingerprint density at radius 1 is 1.58 bits per heavy atom. The standard InChI is InChI=1S/C8H15NO3/c1-5-6(2)12-8(10)9-7(3)11-4/h6H,5H2,1-4H3/b9-7+. The summed E-state index contributed by atoms with van der Waals surface area (Å²) < 4.78 is 9.55. The molecule has 0 aliphatic rings. The summed E-state index contributed by atoms with van der Waals surface area (Å²) in [6.07, 6.45) is 0.0995. The Kier molecular flexibility index (Phi) is 5.08. The number of methoxy groups -OCH3 is 1.